The van der Waals surface area contributed by atoms with E-state index in [2.05, 4.69) is 46.4 Å². The SMILES string of the molecule is CC1CN(c2cncc3ccccc23)CCN1. The van der Waals surface area contributed by atoms with Crippen molar-refractivity contribution in [1.82, 2.24) is 10.3 Å². The number of anilines is 1. The Hall–Kier alpha value is -1.61. The first-order valence-electron chi connectivity index (χ1n) is 6.15. The number of nitrogens with zero attached hydrogens (tertiary/aromatic N) is 2. The maximum atomic E-state index is 4.35. The smallest absolute Gasteiger partial charge is 0.0633 e. The standard InChI is InChI=1S/C14H17N3/c1-11-10-17(7-6-16-11)14-9-15-8-12-4-2-3-5-13(12)14/h2-5,8-9,11,16H,6-7,10H2,1H3. The molecule has 1 aliphatic heterocycles. The molecule has 3 heteroatoms. The van der Waals surface area contributed by atoms with E-state index >= 15 is 0 Å². The van der Waals surface area contributed by atoms with Gasteiger partial charge < -0.3 is 10.2 Å². The second-order valence-corrected chi connectivity index (χ2v) is 4.68. The third-order valence-corrected chi connectivity index (χ3v) is 3.36. The average Bonchev–Trinajstić information content (AvgIpc) is 2.38. The Labute approximate surface area is 101 Å². The van der Waals surface area contributed by atoms with Gasteiger partial charge in [-0.3, -0.25) is 4.98 Å². The third kappa shape index (κ3) is 1.98. The Morgan fingerprint density at radius 1 is 1.29 bits per heavy atom. The highest BCUT2D eigenvalue weighted by Crippen LogP contribution is 2.25. The molecule has 17 heavy (non-hydrogen) atoms. The van der Waals surface area contributed by atoms with E-state index in [-0.39, 0.29) is 0 Å². The van der Waals surface area contributed by atoms with Gasteiger partial charge in [0.2, 0.25) is 0 Å². The van der Waals surface area contributed by atoms with Crippen LogP contribution >= 0.6 is 0 Å². The van der Waals surface area contributed by atoms with Crippen LogP contribution in [0.25, 0.3) is 10.8 Å². The monoisotopic (exact) mass is 227 g/mol. The quantitative estimate of drug-likeness (QED) is 0.808. The fraction of sp³-hybridized carbons (Fsp3) is 0.357. The Kier molecular flexibility index (Phi) is 2.69. The molecule has 0 bridgehead atoms. The summed E-state index contributed by atoms with van der Waals surface area (Å²) in [4.78, 5) is 6.78. The van der Waals surface area contributed by atoms with Crippen LogP contribution in [0, 0.1) is 0 Å². The molecule has 2 heterocycles. The molecule has 88 valence electrons. The lowest BCUT2D eigenvalue weighted by atomic mass is 10.1. The van der Waals surface area contributed by atoms with E-state index in [1.165, 1.54) is 16.5 Å². The topological polar surface area (TPSA) is 28.2 Å². The Morgan fingerprint density at radius 3 is 3.06 bits per heavy atom. The van der Waals surface area contributed by atoms with Crippen molar-refractivity contribution in [3.05, 3.63) is 36.7 Å². The van der Waals surface area contributed by atoms with Gasteiger partial charge in [-0.2, -0.15) is 0 Å². The van der Waals surface area contributed by atoms with Crippen molar-refractivity contribution in [1.29, 1.82) is 0 Å². The van der Waals surface area contributed by atoms with E-state index in [1.807, 2.05) is 12.4 Å². The van der Waals surface area contributed by atoms with Crippen molar-refractivity contribution in [3.8, 4) is 0 Å². The summed E-state index contributed by atoms with van der Waals surface area (Å²) >= 11 is 0. The zero-order valence-corrected chi connectivity index (χ0v) is 10.1. The normalized spacial score (nSPS) is 20.8. The summed E-state index contributed by atoms with van der Waals surface area (Å²) in [5, 5.41) is 5.99. The largest absolute Gasteiger partial charge is 0.367 e. The van der Waals surface area contributed by atoms with Crippen molar-refractivity contribution in [2.45, 2.75) is 13.0 Å². The van der Waals surface area contributed by atoms with Crippen molar-refractivity contribution >= 4 is 16.5 Å². The minimum Gasteiger partial charge on any atom is -0.367 e. The molecule has 0 radical (unpaired) electrons. The van der Waals surface area contributed by atoms with Crippen LogP contribution in [-0.2, 0) is 0 Å². The fourth-order valence-electron chi connectivity index (χ4n) is 2.50. The van der Waals surface area contributed by atoms with E-state index in [0.29, 0.717) is 6.04 Å². The van der Waals surface area contributed by atoms with Gasteiger partial charge in [-0.05, 0) is 6.92 Å². The van der Waals surface area contributed by atoms with Crippen LogP contribution < -0.4 is 10.2 Å². The highest BCUT2D eigenvalue weighted by molar-refractivity contribution is 5.93. The van der Waals surface area contributed by atoms with E-state index in [0.717, 1.165) is 19.6 Å². The summed E-state index contributed by atoms with van der Waals surface area (Å²) in [6.07, 6.45) is 3.92. The van der Waals surface area contributed by atoms with Crippen LogP contribution in [0.3, 0.4) is 0 Å². The van der Waals surface area contributed by atoms with E-state index in [4.69, 9.17) is 0 Å². The van der Waals surface area contributed by atoms with Crippen LogP contribution in [0.15, 0.2) is 36.7 Å². The number of fused-ring (bicyclic) bond motifs is 1. The molecule has 1 aliphatic rings. The van der Waals surface area contributed by atoms with Crippen LogP contribution in [0.2, 0.25) is 0 Å². The van der Waals surface area contributed by atoms with Gasteiger partial charge in [-0.15, -0.1) is 0 Å². The van der Waals surface area contributed by atoms with Crippen molar-refractivity contribution in [3.63, 3.8) is 0 Å². The van der Waals surface area contributed by atoms with Gasteiger partial charge in [-0.25, -0.2) is 0 Å². The number of aromatic nitrogens is 1. The molecule has 1 aromatic carbocycles. The van der Waals surface area contributed by atoms with Crippen molar-refractivity contribution in [2.24, 2.45) is 0 Å². The molecular weight excluding hydrogens is 210 g/mol. The van der Waals surface area contributed by atoms with Crippen LogP contribution in [0.1, 0.15) is 6.92 Å². The van der Waals surface area contributed by atoms with Gasteiger partial charge in [0.05, 0.1) is 11.9 Å². The zero-order valence-electron chi connectivity index (χ0n) is 10.1. The van der Waals surface area contributed by atoms with Crippen molar-refractivity contribution in [2.75, 3.05) is 24.5 Å². The molecule has 0 amide bonds. The molecular formula is C14H17N3. The summed E-state index contributed by atoms with van der Waals surface area (Å²) in [5.41, 5.74) is 1.26. The van der Waals surface area contributed by atoms with Gasteiger partial charge in [0.1, 0.15) is 0 Å². The minimum atomic E-state index is 0.544. The second-order valence-electron chi connectivity index (χ2n) is 4.68. The molecule has 1 aromatic heterocycles. The van der Waals surface area contributed by atoms with Gasteiger partial charge >= 0.3 is 0 Å². The summed E-state index contributed by atoms with van der Waals surface area (Å²) in [5.74, 6) is 0. The van der Waals surface area contributed by atoms with Crippen LogP contribution in [0.4, 0.5) is 5.69 Å². The highest BCUT2D eigenvalue weighted by atomic mass is 15.2. The number of rotatable bonds is 1. The average molecular weight is 227 g/mol. The van der Waals surface area contributed by atoms with E-state index in [9.17, 15) is 0 Å². The first-order chi connectivity index (χ1) is 8.34. The molecule has 2 aromatic rings. The zero-order chi connectivity index (χ0) is 11.7. The number of nitrogens with one attached hydrogen (secondary N) is 1. The lowest BCUT2D eigenvalue weighted by molar-refractivity contribution is 0.485. The number of piperazine rings is 1. The first kappa shape index (κ1) is 10.5. The Bertz CT molecular complexity index is 518. The predicted octanol–water partition coefficient (Wildman–Crippen LogP) is 2.03. The summed E-state index contributed by atoms with van der Waals surface area (Å²) in [6, 6.07) is 9.00. The summed E-state index contributed by atoms with van der Waals surface area (Å²) in [6.45, 7) is 5.38. The predicted molar refractivity (Wildman–Crippen MR) is 71.4 cm³/mol. The van der Waals surface area contributed by atoms with E-state index in [1.54, 1.807) is 0 Å². The Balaban J connectivity index is 2.04. The molecule has 0 aliphatic carbocycles. The number of hydrogen-bond donors (Lipinski definition) is 1. The highest BCUT2D eigenvalue weighted by Gasteiger charge is 2.17. The second kappa shape index (κ2) is 4.34. The first-order valence-corrected chi connectivity index (χ1v) is 6.15. The molecule has 0 spiro atoms. The van der Waals surface area contributed by atoms with Crippen LogP contribution in [0.5, 0.6) is 0 Å². The van der Waals surface area contributed by atoms with E-state index < -0.39 is 0 Å². The number of benzene rings is 1. The lowest BCUT2D eigenvalue weighted by Crippen LogP contribution is -2.49. The van der Waals surface area contributed by atoms with Gasteiger partial charge in [-0.1, -0.05) is 24.3 Å². The van der Waals surface area contributed by atoms with Crippen molar-refractivity contribution < 1.29 is 0 Å². The Morgan fingerprint density at radius 2 is 2.18 bits per heavy atom. The minimum absolute atomic E-state index is 0.544. The molecule has 3 rings (SSSR count). The van der Waals surface area contributed by atoms with Gasteiger partial charge in [0.15, 0.2) is 0 Å². The molecule has 3 nitrogen and oxygen atoms in total. The number of pyridine rings is 1. The van der Waals surface area contributed by atoms with Crippen LogP contribution in [-0.4, -0.2) is 30.7 Å². The molecule has 1 fully saturated rings. The molecule has 1 saturated heterocycles. The third-order valence-electron chi connectivity index (χ3n) is 3.36. The fourth-order valence-corrected chi connectivity index (χ4v) is 2.50. The summed E-state index contributed by atoms with van der Waals surface area (Å²) < 4.78 is 0. The maximum absolute atomic E-state index is 4.35. The van der Waals surface area contributed by atoms with Gasteiger partial charge in [0.25, 0.3) is 0 Å². The van der Waals surface area contributed by atoms with Gasteiger partial charge in [0, 0.05) is 42.6 Å². The molecule has 1 unspecified atom stereocenters. The molecule has 0 saturated carbocycles. The number of hydrogen-bond acceptors (Lipinski definition) is 3. The summed E-state index contributed by atoms with van der Waals surface area (Å²) in [7, 11) is 0. The molecule has 1 N–H and O–H groups in total. The lowest BCUT2D eigenvalue weighted by Gasteiger charge is -2.34. The maximum Gasteiger partial charge on any atom is 0.0633 e. The molecule has 1 atom stereocenters.